The number of carbonyl (C=O) groups excluding carboxylic acids is 3. The van der Waals surface area contributed by atoms with Crippen LogP contribution in [0.25, 0.3) is 17.0 Å². The number of rotatable bonds is 8. The van der Waals surface area contributed by atoms with Crippen LogP contribution in [0.4, 0.5) is 0 Å². The number of hydrogen-bond acceptors (Lipinski definition) is 4. The van der Waals surface area contributed by atoms with Gasteiger partial charge in [-0.15, -0.1) is 0 Å². The lowest BCUT2D eigenvalue weighted by molar-refractivity contribution is -0.154. The van der Waals surface area contributed by atoms with Crippen molar-refractivity contribution in [2.75, 3.05) is 6.61 Å². The fourth-order valence-corrected chi connectivity index (χ4v) is 2.52. The first kappa shape index (κ1) is 17.7. The summed E-state index contributed by atoms with van der Waals surface area (Å²) in [5.41, 5.74) is 2.02. The number of aromatic nitrogens is 1. The molecule has 1 aromatic heterocycles. The molecule has 0 saturated heterocycles. The fraction of sp³-hybridized carbons (Fsp3) is 0.316. The van der Waals surface area contributed by atoms with Crippen molar-refractivity contribution in [1.29, 1.82) is 0 Å². The highest BCUT2D eigenvalue weighted by molar-refractivity contribution is 6.37. The van der Waals surface area contributed by atoms with Crippen LogP contribution in [0, 0.1) is 0 Å². The minimum Gasteiger partial charge on any atom is -0.460 e. The Hall–Kier alpha value is -2.69. The molecule has 0 unspecified atom stereocenters. The van der Waals surface area contributed by atoms with Crippen LogP contribution >= 0.6 is 0 Å². The predicted molar refractivity (Wildman–Crippen MR) is 92.5 cm³/mol. The molecule has 5 heteroatoms. The molecule has 0 aliphatic carbocycles. The quantitative estimate of drug-likeness (QED) is 0.323. The molecule has 0 atom stereocenters. The van der Waals surface area contributed by atoms with Gasteiger partial charge in [0.1, 0.15) is 0 Å². The van der Waals surface area contributed by atoms with E-state index in [2.05, 4.69) is 16.2 Å². The molecule has 24 heavy (non-hydrogen) atoms. The van der Waals surface area contributed by atoms with E-state index in [0.717, 1.165) is 29.4 Å². The minimum atomic E-state index is -0.959. The molecule has 2 rings (SSSR count). The second kappa shape index (κ2) is 8.24. The number of ether oxygens (including phenoxy) is 1. The Bertz CT molecular complexity index is 786. The summed E-state index contributed by atoms with van der Waals surface area (Å²) in [4.78, 5) is 34.7. The number of carbonyl (C=O) groups is 3. The fourth-order valence-electron chi connectivity index (χ4n) is 2.52. The van der Waals surface area contributed by atoms with Gasteiger partial charge in [-0.05, 0) is 31.6 Å². The van der Waals surface area contributed by atoms with Gasteiger partial charge in [0, 0.05) is 29.2 Å². The lowest BCUT2D eigenvalue weighted by Crippen LogP contribution is -2.19. The van der Waals surface area contributed by atoms with Crippen LogP contribution in [0.3, 0.4) is 0 Å². The predicted octanol–water partition coefficient (Wildman–Crippen LogP) is 3.16. The first-order valence-electron chi connectivity index (χ1n) is 8.05. The smallest absolute Gasteiger partial charge is 0.375 e. The van der Waals surface area contributed by atoms with Crippen LogP contribution in [0.15, 0.2) is 36.5 Å². The van der Waals surface area contributed by atoms with Crippen LogP contribution in [0.2, 0.25) is 0 Å². The maximum absolute atomic E-state index is 11.9. The van der Waals surface area contributed by atoms with Crippen LogP contribution in [0.5, 0.6) is 0 Å². The second-order valence-corrected chi connectivity index (χ2v) is 5.42. The summed E-state index contributed by atoms with van der Waals surface area (Å²) in [5.74, 6) is -2.20. The Balaban J connectivity index is 2.14. The van der Waals surface area contributed by atoms with Gasteiger partial charge in [0.25, 0.3) is 0 Å². The number of ketones is 2. The lowest BCUT2D eigenvalue weighted by atomic mass is 10.1. The third kappa shape index (κ3) is 4.19. The van der Waals surface area contributed by atoms with Crippen molar-refractivity contribution in [1.82, 2.24) is 4.57 Å². The average Bonchev–Trinajstić information content (AvgIpc) is 2.92. The van der Waals surface area contributed by atoms with Gasteiger partial charge in [0.2, 0.25) is 5.78 Å². The number of esters is 1. The second-order valence-electron chi connectivity index (χ2n) is 5.42. The van der Waals surface area contributed by atoms with Gasteiger partial charge in [-0.25, -0.2) is 4.79 Å². The molecule has 5 nitrogen and oxygen atoms in total. The number of benzene rings is 1. The summed E-state index contributed by atoms with van der Waals surface area (Å²) in [6, 6.07) is 7.96. The van der Waals surface area contributed by atoms with Crippen molar-refractivity contribution in [3.05, 3.63) is 42.1 Å². The highest BCUT2D eigenvalue weighted by Gasteiger charge is 2.17. The van der Waals surface area contributed by atoms with Crippen molar-refractivity contribution in [3.63, 3.8) is 0 Å². The van der Waals surface area contributed by atoms with Crippen molar-refractivity contribution in [3.8, 4) is 0 Å². The lowest BCUT2D eigenvalue weighted by Gasteiger charge is -2.01. The molecule has 2 aromatic rings. The van der Waals surface area contributed by atoms with Gasteiger partial charge in [-0.1, -0.05) is 25.1 Å². The number of aryl methyl sites for hydroxylation is 1. The molecule has 0 aliphatic heterocycles. The number of hydrogen-bond donors (Lipinski definition) is 0. The monoisotopic (exact) mass is 327 g/mol. The molecular weight excluding hydrogens is 306 g/mol. The molecule has 1 heterocycles. The van der Waals surface area contributed by atoms with E-state index >= 15 is 0 Å². The number of para-hydroxylation sites is 1. The highest BCUT2D eigenvalue weighted by Crippen LogP contribution is 2.22. The maximum Gasteiger partial charge on any atom is 0.375 e. The van der Waals surface area contributed by atoms with E-state index in [4.69, 9.17) is 0 Å². The Labute approximate surface area is 140 Å². The van der Waals surface area contributed by atoms with Crippen molar-refractivity contribution < 1.29 is 19.1 Å². The van der Waals surface area contributed by atoms with E-state index in [0.29, 0.717) is 0 Å². The van der Waals surface area contributed by atoms with Crippen LogP contribution in [-0.2, 0) is 25.7 Å². The van der Waals surface area contributed by atoms with Crippen LogP contribution in [-0.4, -0.2) is 28.7 Å². The van der Waals surface area contributed by atoms with E-state index in [1.54, 1.807) is 13.0 Å². The summed E-state index contributed by atoms with van der Waals surface area (Å²) in [6.07, 6.45) is 5.56. The molecular formula is C19H21NO4. The Kier molecular flexibility index (Phi) is 6.07. The van der Waals surface area contributed by atoms with Gasteiger partial charge >= 0.3 is 5.97 Å². The Morgan fingerprint density at radius 2 is 1.92 bits per heavy atom. The summed E-state index contributed by atoms with van der Waals surface area (Å²) in [7, 11) is 0. The molecule has 0 fully saturated rings. The molecule has 0 spiro atoms. The minimum absolute atomic E-state index is 0.117. The topological polar surface area (TPSA) is 65.4 Å². The highest BCUT2D eigenvalue weighted by atomic mass is 16.5. The van der Waals surface area contributed by atoms with Gasteiger partial charge in [0.05, 0.1) is 13.0 Å². The Morgan fingerprint density at radius 1 is 1.17 bits per heavy atom. The zero-order valence-electron chi connectivity index (χ0n) is 14.0. The zero-order valence-corrected chi connectivity index (χ0v) is 14.0. The molecule has 0 radical (unpaired) electrons. The SMILES string of the molecule is CCCn1cc(/C=C/C(=O)CC(=O)C(=O)OCC)c2ccccc21. The van der Waals surface area contributed by atoms with Gasteiger partial charge < -0.3 is 9.30 Å². The van der Waals surface area contributed by atoms with E-state index in [-0.39, 0.29) is 6.61 Å². The van der Waals surface area contributed by atoms with E-state index in [1.165, 1.54) is 6.08 Å². The van der Waals surface area contributed by atoms with Gasteiger partial charge in [0.15, 0.2) is 5.78 Å². The standard InChI is InChI=1S/C19H21NO4/c1-3-11-20-13-14(16-7-5-6-8-17(16)20)9-10-15(21)12-18(22)19(23)24-4-2/h5-10,13H,3-4,11-12H2,1-2H3/b10-9+. The Morgan fingerprint density at radius 3 is 2.62 bits per heavy atom. The van der Waals surface area contributed by atoms with Gasteiger partial charge in [-0.2, -0.15) is 0 Å². The summed E-state index contributed by atoms with van der Waals surface area (Å²) in [6.45, 7) is 4.73. The summed E-state index contributed by atoms with van der Waals surface area (Å²) < 4.78 is 6.73. The van der Waals surface area contributed by atoms with Crippen molar-refractivity contribution in [2.24, 2.45) is 0 Å². The maximum atomic E-state index is 11.9. The number of fused-ring (bicyclic) bond motifs is 1. The van der Waals surface area contributed by atoms with E-state index < -0.39 is 24.0 Å². The van der Waals surface area contributed by atoms with Gasteiger partial charge in [-0.3, -0.25) is 9.59 Å². The van der Waals surface area contributed by atoms with E-state index in [1.807, 2.05) is 30.5 Å². The third-order valence-corrected chi connectivity index (χ3v) is 3.57. The summed E-state index contributed by atoms with van der Waals surface area (Å²) >= 11 is 0. The summed E-state index contributed by atoms with van der Waals surface area (Å²) in [5, 5.41) is 1.05. The van der Waals surface area contributed by atoms with Crippen LogP contribution < -0.4 is 0 Å². The first-order chi connectivity index (χ1) is 11.6. The van der Waals surface area contributed by atoms with Crippen molar-refractivity contribution >= 4 is 34.5 Å². The number of allylic oxidation sites excluding steroid dienone is 1. The molecule has 0 N–H and O–H groups in total. The van der Waals surface area contributed by atoms with Crippen molar-refractivity contribution in [2.45, 2.75) is 33.2 Å². The normalized spacial score (nSPS) is 11.1. The molecule has 0 amide bonds. The van der Waals surface area contributed by atoms with E-state index in [9.17, 15) is 14.4 Å². The third-order valence-electron chi connectivity index (χ3n) is 3.57. The molecule has 1 aromatic carbocycles. The molecule has 0 aliphatic rings. The number of Topliss-reactive ketones (excluding diaryl/α,β-unsaturated/α-hetero) is 1. The first-order valence-corrected chi connectivity index (χ1v) is 8.05. The number of nitrogens with zero attached hydrogens (tertiary/aromatic N) is 1. The molecule has 0 bridgehead atoms. The molecule has 0 saturated carbocycles. The largest absolute Gasteiger partial charge is 0.460 e. The van der Waals surface area contributed by atoms with Crippen LogP contribution in [0.1, 0.15) is 32.3 Å². The average molecular weight is 327 g/mol. The molecule has 126 valence electrons. The zero-order chi connectivity index (χ0) is 17.5.